The summed E-state index contributed by atoms with van der Waals surface area (Å²) in [6, 6.07) is 8.19. The highest BCUT2D eigenvalue weighted by molar-refractivity contribution is 6.32. The monoisotopic (exact) mass is 434 g/mol. The van der Waals surface area contributed by atoms with Gasteiger partial charge in [0, 0.05) is 23.9 Å². The number of anilines is 4. The van der Waals surface area contributed by atoms with Crippen LogP contribution in [0.25, 0.3) is 0 Å². The summed E-state index contributed by atoms with van der Waals surface area (Å²) in [5, 5.41) is 15.6. The normalized spacial score (nSPS) is 10.5. The number of aliphatic hydroxyl groups excluding tert-OH is 1. The van der Waals surface area contributed by atoms with Crippen LogP contribution >= 0.6 is 11.6 Å². The molecule has 2 aromatic carbocycles. The summed E-state index contributed by atoms with van der Waals surface area (Å²) in [6.45, 7) is -0.191. The molecule has 0 spiro atoms. The van der Waals surface area contributed by atoms with Gasteiger partial charge in [0.15, 0.2) is 11.6 Å². The summed E-state index contributed by atoms with van der Waals surface area (Å²) in [7, 11) is 4.48. The predicted octanol–water partition coefficient (Wildman–Crippen LogP) is 4.27. The van der Waals surface area contributed by atoms with Crippen LogP contribution in [0.4, 0.5) is 27.5 Å². The molecule has 0 saturated heterocycles. The summed E-state index contributed by atoms with van der Waals surface area (Å²) in [4.78, 5) is 8.15. The zero-order valence-electron chi connectivity index (χ0n) is 16.5. The fourth-order valence-corrected chi connectivity index (χ4v) is 2.90. The lowest BCUT2D eigenvalue weighted by molar-refractivity contribution is 0.281. The van der Waals surface area contributed by atoms with Gasteiger partial charge in [-0.25, -0.2) is 9.37 Å². The Hall–Kier alpha value is -3.30. The Morgan fingerprint density at radius 3 is 2.43 bits per heavy atom. The second-order valence-corrected chi connectivity index (χ2v) is 6.46. The molecule has 0 radical (unpaired) electrons. The van der Waals surface area contributed by atoms with Crippen molar-refractivity contribution in [1.29, 1.82) is 0 Å². The first kappa shape index (κ1) is 21.4. The van der Waals surface area contributed by atoms with Crippen LogP contribution in [0.2, 0.25) is 5.02 Å². The molecule has 0 fully saturated rings. The first-order valence-electron chi connectivity index (χ1n) is 8.74. The van der Waals surface area contributed by atoms with E-state index in [9.17, 15) is 9.50 Å². The van der Waals surface area contributed by atoms with Crippen LogP contribution in [0.5, 0.6) is 17.2 Å². The molecule has 3 aromatic rings. The van der Waals surface area contributed by atoms with E-state index in [1.165, 1.54) is 21.3 Å². The standard InChI is InChI=1S/C20H20ClFN4O4/c1-28-13-5-11(10-27)4-12(6-13)24-19-15(22)9-23-20(26-19)25-16-8-17(29-2)14(21)7-18(16)30-3/h4-9,27H,10H2,1-3H3,(H2,23,24,25,26). The number of hydrogen-bond donors (Lipinski definition) is 3. The summed E-state index contributed by atoms with van der Waals surface area (Å²) in [5.41, 5.74) is 1.58. The smallest absolute Gasteiger partial charge is 0.229 e. The van der Waals surface area contributed by atoms with Gasteiger partial charge < -0.3 is 30.0 Å². The van der Waals surface area contributed by atoms with Crippen LogP contribution in [0.15, 0.2) is 36.5 Å². The van der Waals surface area contributed by atoms with Crippen molar-refractivity contribution in [3.63, 3.8) is 0 Å². The average molecular weight is 435 g/mol. The number of aromatic nitrogens is 2. The Kier molecular flexibility index (Phi) is 6.76. The van der Waals surface area contributed by atoms with E-state index in [1.807, 2.05) is 0 Å². The van der Waals surface area contributed by atoms with Crippen LogP contribution in [0.3, 0.4) is 0 Å². The van der Waals surface area contributed by atoms with E-state index >= 15 is 0 Å². The molecule has 0 atom stereocenters. The molecule has 0 aliphatic carbocycles. The first-order valence-corrected chi connectivity index (χ1v) is 9.12. The van der Waals surface area contributed by atoms with Crippen LogP contribution < -0.4 is 24.8 Å². The van der Waals surface area contributed by atoms with Gasteiger partial charge in [0.05, 0.1) is 44.8 Å². The van der Waals surface area contributed by atoms with Gasteiger partial charge in [-0.1, -0.05) is 11.6 Å². The third kappa shape index (κ3) is 4.81. The molecule has 10 heteroatoms. The average Bonchev–Trinajstić information content (AvgIpc) is 2.76. The van der Waals surface area contributed by atoms with Gasteiger partial charge in [0.2, 0.25) is 5.95 Å². The Morgan fingerprint density at radius 2 is 1.77 bits per heavy atom. The van der Waals surface area contributed by atoms with Crippen LogP contribution in [0.1, 0.15) is 5.56 Å². The topological polar surface area (TPSA) is 97.8 Å². The van der Waals surface area contributed by atoms with Crippen LogP contribution in [-0.2, 0) is 6.61 Å². The molecule has 1 heterocycles. The van der Waals surface area contributed by atoms with Crippen molar-refractivity contribution in [2.45, 2.75) is 6.61 Å². The van der Waals surface area contributed by atoms with E-state index in [0.717, 1.165) is 6.20 Å². The molecule has 0 aliphatic heterocycles. The van der Waals surface area contributed by atoms with E-state index in [2.05, 4.69) is 20.6 Å². The predicted molar refractivity (Wildman–Crippen MR) is 112 cm³/mol. The molecule has 30 heavy (non-hydrogen) atoms. The summed E-state index contributed by atoms with van der Waals surface area (Å²) in [5.74, 6) is 0.762. The molecule has 8 nitrogen and oxygen atoms in total. The largest absolute Gasteiger partial charge is 0.497 e. The number of nitrogens with zero attached hydrogens (tertiary/aromatic N) is 2. The van der Waals surface area contributed by atoms with E-state index in [1.54, 1.807) is 30.3 Å². The van der Waals surface area contributed by atoms with Crippen molar-refractivity contribution >= 4 is 34.7 Å². The fourth-order valence-electron chi connectivity index (χ4n) is 2.67. The lowest BCUT2D eigenvalue weighted by atomic mass is 10.2. The van der Waals surface area contributed by atoms with Crippen molar-refractivity contribution in [2.24, 2.45) is 0 Å². The number of rotatable bonds is 8. The number of aliphatic hydroxyl groups is 1. The van der Waals surface area contributed by atoms with E-state index in [4.69, 9.17) is 25.8 Å². The van der Waals surface area contributed by atoms with Gasteiger partial charge in [-0.3, -0.25) is 0 Å². The summed E-state index contributed by atoms with van der Waals surface area (Å²) in [6.07, 6.45) is 1.03. The Bertz CT molecular complexity index is 1030. The Balaban J connectivity index is 1.91. The van der Waals surface area contributed by atoms with Gasteiger partial charge in [-0.05, 0) is 17.7 Å². The van der Waals surface area contributed by atoms with Gasteiger partial charge >= 0.3 is 0 Å². The zero-order valence-corrected chi connectivity index (χ0v) is 17.2. The maximum absolute atomic E-state index is 14.3. The van der Waals surface area contributed by atoms with Gasteiger partial charge in [0.1, 0.15) is 17.2 Å². The van der Waals surface area contributed by atoms with Crippen molar-refractivity contribution in [2.75, 3.05) is 32.0 Å². The molecule has 0 amide bonds. The Morgan fingerprint density at radius 1 is 1.00 bits per heavy atom. The van der Waals surface area contributed by atoms with Crippen molar-refractivity contribution in [3.05, 3.63) is 52.9 Å². The number of hydrogen-bond acceptors (Lipinski definition) is 8. The molecule has 0 saturated carbocycles. The third-order valence-electron chi connectivity index (χ3n) is 4.11. The molecule has 0 unspecified atom stereocenters. The molecular formula is C20H20ClFN4O4. The maximum Gasteiger partial charge on any atom is 0.229 e. The highest BCUT2D eigenvalue weighted by Gasteiger charge is 2.14. The minimum atomic E-state index is -0.658. The molecule has 0 bridgehead atoms. The van der Waals surface area contributed by atoms with Crippen LogP contribution in [-0.4, -0.2) is 36.4 Å². The molecule has 158 valence electrons. The number of halogens is 2. The molecule has 0 aliphatic rings. The lowest BCUT2D eigenvalue weighted by Gasteiger charge is -2.14. The van der Waals surface area contributed by atoms with Crippen LogP contribution in [0, 0.1) is 5.82 Å². The third-order valence-corrected chi connectivity index (χ3v) is 4.41. The summed E-state index contributed by atoms with van der Waals surface area (Å²) < 4.78 is 30.0. The van der Waals surface area contributed by atoms with Crippen molar-refractivity contribution < 1.29 is 23.7 Å². The zero-order chi connectivity index (χ0) is 21.7. The maximum atomic E-state index is 14.3. The molecular weight excluding hydrogens is 415 g/mol. The highest BCUT2D eigenvalue weighted by atomic mass is 35.5. The van der Waals surface area contributed by atoms with Gasteiger partial charge in [-0.15, -0.1) is 0 Å². The van der Waals surface area contributed by atoms with E-state index in [-0.39, 0.29) is 18.4 Å². The minimum Gasteiger partial charge on any atom is -0.497 e. The number of ether oxygens (including phenoxy) is 3. The fraction of sp³-hybridized carbons (Fsp3) is 0.200. The van der Waals surface area contributed by atoms with Crippen molar-refractivity contribution in [3.8, 4) is 17.2 Å². The number of benzene rings is 2. The molecule has 3 N–H and O–H groups in total. The quantitative estimate of drug-likeness (QED) is 0.483. The Labute approximate surface area is 177 Å². The SMILES string of the molecule is COc1cc(CO)cc(Nc2nc(Nc3cc(OC)c(Cl)cc3OC)ncc2F)c1. The van der Waals surface area contributed by atoms with Crippen molar-refractivity contribution in [1.82, 2.24) is 9.97 Å². The second-order valence-electron chi connectivity index (χ2n) is 6.06. The number of methoxy groups -OCH3 is 3. The van der Waals surface area contributed by atoms with Gasteiger partial charge in [-0.2, -0.15) is 4.98 Å². The molecule has 1 aromatic heterocycles. The number of nitrogens with one attached hydrogen (secondary N) is 2. The first-order chi connectivity index (χ1) is 14.5. The highest BCUT2D eigenvalue weighted by Crippen LogP contribution is 2.37. The minimum absolute atomic E-state index is 0.0652. The van der Waals surface area contributed by atoms with E-state index < -0.39 is 5.82 Å². The second kappa shape index (κ2) is 9.47. The van der Waals surface area contributed by atoms with E-state index in [0.29, 0.717) is 39.2 Å². The summed E-state index contributed by atoms with van der Waals surface area (Å²) >= 11 is 6.12. The van der Waals surface area contributed by atoms with Gasteiger partial charge in [0.25, 0.3) is 0 Å². The lowest BCUT2D eigenvalue weighted by Crippen LogP contribution is -2.05. The molecule has 3 rings (SSSR count).